The molecule has 1 aliphatic heterocycles. The number of likely N-dealkylation sites (tertiary alicyclic amines) is 1. The highest BCUT2D eigenvalue weighted by molar-refractivity contribution is 7.99. The van der Waals surface area contributed by atoms with Gasteiger partial charge in [0.15, 0.2) is 5.16 Å². The number of esters is 1. The Morgan fingerprint density at radius 1 is 1.40 bits per heavy atom. The van der Waals surface area contributed by atoms with E-state index in [2.05, 4.69) is 9.97 Å². The van der Waals surface area contributed by atoms with Gasteiger partial charge in [-0.25, -0.2) is 9.78 Å². The maximum atomic E-state index is 12.6. The summed E-state index contributed by atoms with van der Waals surface area (Å²) in [6, 6.07) is 0.983. The second-order valence-corrected chi connectivity index (χ2v) is 6.90. The molecule has 0 unspecified atom stereocenters. The Hall–Kier alpha value is -1.83. The summed E-state index contributed by atoms with van der Waals surface area (Å²) in [4.78, 5) is 44.9. The lowest BCUT2D eigenvalue weighted by Gasteiger charge is -2.33. The maximum absolute atomic E-state index is 12.6. The van der Waals surface area contributed by atoms with Crippen molar-refractivity contribution in [2.45, 2.75) is 57.1 Å². The fourth-order valence-corrected chi connectivity index (χ4v) is 3.64. The molecule has 1 aromatic rings. The fraction of sp³-hybridized carbons (Fsp3) is 0.647. The third kappa shape index (κ3) is 5.59. The summed E-state index contributed by atoms with van der Waals surface area (Å²) in [6.07, 6.45) is 4.05. The van der Waals surface area contributed by atoms with Crippen molar-refractivity contribution in [2.75, 3.05) is 18.9 Å². The Kier molecular flexibility index (Phi) is 7.49. The molecule has 0 aromatic carbocycles. The lowest BCUT2D eigenvalue weighted by atomic mass is 10.0. The Morgan fingerprint density at radius 3 is 2.92 bits per heavy atom. The Balaban J connectivity index is 2.00. The standard InChI is InChI=1S/C17H25N3O4S/c1-3-7-12-10-14(21)19-17(18-12)25-11-15(22)20-9-6-5-8-13(20)16(23)24-4-2/h10,13H,3-9,11H2,1-2H3,(H,18,19,21)/t13-/m0/s1. The lowest BCUT2D eigenvalue weighted by Crippen LogP contribution is -2.49. The van der Waals surface area contributed by atoms with E-state index in [-0.39, 0.29) is 23.2 Å². The number of thioether (sulfide) groups is 1. The van der Waals surface area contributed by atoms with Gasteiger partial charge in [0, 0.05) is 18.3 Å². The number of rotatable bonds is 7. The predicted octanol–water partition coefficient (Wildman–Crippen LogP) is 1.76. The Labute approximate surface area is 151 Å². The van der Waals surface area contributed by atoms with Gasteiger partial charge in [0.2, 0.25) is 5.91 Å². The van der Waals surface area contributed by atoms with Crippen LogP contribution in [0.2, 0.25) is 0 Å². The first-order valence-corrected chi connectivity index (χ1v) is 9.72. The van der Waals surface area contributed by atoms with Crippen LogP contribution in [-0.2, 0) is 20.7 Å². The van der Waals surface area contributed by atoms with Crippen LogP contribution in [-0.4, -0.2) is 51.7 Å². The van der Waals surface area contributed by atoms with Gasteiger partial charge in [0.05, 0.1) is 12.4 Å². The highest BCUT2D eigenvalue weighted by Gasteiger charge is 2.32. The zero-order chi connectivity index (χ0) is 18.2. The van der Waals surface area contributed by atoms with Gasteiger partial charge in [-0.1, -0.05) is 25.1 Å². The molecule has 1 aromatic heterocycles. The van der Waals surface area contributed by atoms with E-state index in [1.807, 2.05) is 6.92 Å². The highest BCUT2D eigenvalue weighted by atomic mass is 32.2. The first-order chi connectivity index (χ1) is 12.0. The number of carbonyl (C=O) groups is 2. The third-order valence-electron chi connectivity index (χ3n) is 3.99. The minimum Gasteiger partial charge on any atom is -0.464 e. The minimum atomic E-state index is -0.500. The fourth-order valence-electron chi connectivity index (χ4n) is 2.86. The minimum absolute atomic E-state index is 0.133. The molecule has 0 aliphatic carbocycles. The smallest absolute Gasteiger partial charge is 0.328 e. The van der Waals surface area contributed by atoms with Crippen molar-refractivity contribution in [3.63, 3.8) is 0 Å². The highest BCUT2D eigenvalue weighted by Crippen LogP contribution is 2.21. The number of hydrogen-bond donors (Lipinski definition) is 1. The molecule has 0 spiro atoms. The van der Waals surface area contributed by atoms with Crippen molar-refractivity contribution in [3.05, 3.63) is 22.1 Å². The van der Waals surface area contributed by atoms with E-state index in [0.29, 0.717) is 24.7 Å². The molecule has 7 nitrogen and oxygen atoms in total. The van der Waals surface area contributed by atoms with Crippen molar-refractivity contribution >= 4 is 23.6 Å². The van der Waals surface area contributed by atoms with Crippen LogP contribution in [0.15, 0.2) is 16.0 Å². The number of nitrogens with one attached hydrogen (secondary N) is 1. The average molecular weight is 367 g/mol. The summed E-state index contributed by atoms with van der Waals surface area (Å²) in [5, 5.41) is 0.439. The normalized spacial score (nSPS) is 17.4. The second kappa shape index (κ2) is 9.60. The number of carbonyl (C=O) groups excluding carboxylic acids is 2. The summed E-state index contributed by atoms with van der Waals surface area (Å²) < 4.78 is 5.08. The van der Waals surface area contributed by atoms with Gasteiger partial charge >= 0.3 is 5.97 Å². The van der Waals surface area contributed by atoms with Gasteiger partial charge in [-0.2, -0.15) is 0 Å². The average Bonchev–Trinajstić information content (AvgIpc) is 2.60. The summed E-state index contributed by atoms with van der Waals surface area (Å²) in [7, 11) is 0. The van der Waals surface area contributed by atoms with Crippen molar-refractivity contribution in [1.82, 2.24) is 14.9 Å². The van der Waals surface area contributed by atoms with Crippen LogP contribution in [0.25, 0.3) is 0 Å². The maximum Gasteiger partial charge on any atom is 0.328 e. The molecule has 25 heavy (non-hydrogen) atoms. The molecule has 0 radical (unpaired) electrons. The SMILES string of the molecule is CCCc1cc(=O)[nH]c(SCC(=O)N2CCCC[C@H]2C(=O)OCC)n1. The third-order valence-corrected chi connectivity index (χ3v) is 4.85. The lowest BCUT2D eigenvalue weighted by molar-refractivity contribution is -0.155. The van der Waals surface area contributed by atoms with Crippen molar-refractivity contribution in [2.24, 2.45) is 0 Å². The topological polar surface area (TPSA) is 92.4 Å². The molecule has 1 fully saturated rings. The number of piperidine rings is 1. The van der Waals surface area contributed by atoms with Crippen molar-refractivity contribution < 1.29 is 14.3 Å². The molecule has 1 amide bonds. The monoisotopic (exact) mass is 367 g/mol. The van der Waals surface area contributed by atoms with Crippen LogP contribution in [0.5, 0.6) is 0 Å². The number of hydrogen-bond acceptors (Lipinski definition) is 6. The van der Waals surface area contributed by atoms with Crippen LogP contribution < -0.4 is 5.56 Å². The van der Waals surface area contributed by atoms with E-state index >= 15 is 0 Å². The van der Waals surface area contributed by atoms with Gasteiger partial charge < -0.3 is 14.6 Å². The molecular formula is C17H25N3O4S. The van der Waals surface area contributed by atoms with Crippen LogP contribution in [0.3, 0.4) is 0 Å². The first kappa shape index (κ1) is 19.5. The summed E-state index contributed by atoms with van der Waals surface area (Å²) >= 11 is 1.19. The Bertz CT molecular complexity index is 662. The number of amides is 1. The van der Waals surface area contributed by atoms with Gasteiger partial charge in [0.1, 0.15) is 6.04 Å². The quantitative estimate of drug-likeness (QED) is 0.448. The first-order valence-electron chi connectivity index (χ1n) is 8.74. The van der Waals surface area contributed by atoms with Crippen molar-refractivity contribution in [3.8, 4) is 0 Å². The molecule has 1 atom stereocenters. The van der Waals surface area contributed by atoms with Crippen LogP contribution in [0.1, 0.15) is 45.2 Å². The second-order valence-electron chi connectivity index (χ2n) is 5.93. The van der Waals surface area contributed by atoms with Crippen LogP contribution in [0, 0.1) is 0 Å². The zero-order valence-corrected chi connectivity index (χ0v) is 15.6. The molecule has 2 heterocycles. The predicted molar refractivity (Wildman–Crippen MR) is 95.6 cm³/mol. The molecule has 0 bridgehead atoms. The van der Waals surface area contributed by atoms with E-state index in [1.165, 1.54) is 17.8 Å². The molecular weight excluding hydrogens is 342 g/mol. The van der Waals surface area contributed by atoms with E-state index < -0.39 is 6.04 Å². The van der Waals surface area contributed by atoms with Gasteiger partial charge in [0.25, 0.3) is 5.56 Å². The van der Waals surface area contributed by atoms with Crippen LogP contribution in [0.4, 0.5) is 0 Å². The molecule has 0 saturated carbocycles. The Morgan fingerprint density at radius 2 is 2.20 bits per heavy atom. The number of aryl methyl sites for hydroxylation is 1. The van der Waals surface area contributed by atoms with E-state index in [0.717, 1.165) is 31.4 Å². The number of ether oxygens (including phenoxy) is 1. The van der Waals surface area contributed by atoms with E-state index in [4.69, 9.17) is 4.74 Å². The van der Waals surface area contributed by atoms with Gasteiger partial charge in [-0.15, -0.1) is 0 Å². The molecule has 1 N–H and O–H groups in total. The van der Waals surface area contributed by atoms with Gasteiger partial charge in [-0.3, -0.25) is 9.59 Å². The molecule has 1 aliphatic rings. The zero-order valence-electron chi connectivity index (χ0n) is 14.7. The number of nitrogens with zero attached hydrogens (tertiary/aromatic N) is 2. The number of aromatic amines is 1. The largest absolute Gasteiger partial charge is 0.464 e. The van der Waals surface area contributed by atoms with Gasteiger partial charge in [-0.05, 0) is 32.6 Å². The molecule has 138 valence electrons. The van der Waals surface area contributed by atoms with E-state index in [9.17, 15) is 14.4 Å². The van der Waals surface area contributed by atoms with Crippen LogP contribution >= 0.6 is 11.8 Å². The molecule has 8 heteroatoms. The molecule has 2 rings (SSSR count). The summed E-state index contributed by atoms with van der Waals surface area (Å²) in [6.45, 7) is 4.64. The number of aromatic nitrogens is 2. The molecule has 1 saturated heterocycles. The summed E-state index contributed by atoms with van der Waals surface area (Å²) in [5.74, 6) is -0.336. The van der Waals surface area contributed by atoms with E-state index in [1.54, 1.807) is 11.8 Å². The summed E-state index contributed by atoms with van der Waals surface area (Å²) in [5.41, 5.74) is 0.513. The number of H-pyrrole nitrogens is 1. The van der Waals surface area contributed by atoms with Crippen molar-refractivity contribution in [1.29, 1.82) is 0 Å².